The van der Waals surface area contributed by atoms with Gasteiger partial charge in [-0.3, -0.25) is 4.40 Å². The molecule has 0 aliphatic heterocycles. The number of hydrogen-bond donors (Lipinski definition) is 1. The maximum atomic E-state index is 6.56. The molecule has 2 aromatic carbocycles. The van der Waals surface area contributed by atoms with Crippen molar-refractivity contribution in [2.45, 2.75) is 43.6 Å². The van der Waals surface area contributed by atoms with E-state index >= 15 is 0 Å². The zero-order valence-electron chi connectivity index (χ0n) is 18.4. The Balaban J connectivity index is 1.46. The van der Waals surface area contributed by atoms with Crippen LogP contribution in [0, 0.1) is 0 Å². The van der Waals surface area contributed by atoms with Crippen LogP contribution in [0.5, 0.6) is 0 Å². The molecule has 3 aromatic heterocycles. The lowest BCUT2D eigenvalue weighted by Crippen LogP contribution is -2.43. The van der Waals surface area contributed by atoms with Crippen LogP contribution in [0.25, 0.3) is 39.1 Å². The number of pyridine rings is 2. The molecule has 2 aliphatic rings. The summed E-state index contributed by atoms with van der Waals surface area (Å²) in [6.07, 6.45) is 5.71. The largest absolute Gasteiger partial charge is 0.321 e. The van der Waals surface area contributed by atoms with Gasteiger partial charge >= 0.3 is 0 Å². The summed E-state index contributed by atoms with van der Waals surface area (Å²) in [6.45, 7) is 0. The van der Waals surface area contributed by atoms with Crippen molar-refractivity contribution < 1.29 is 0 Å². The first-order valence-corrected chi connectivity index (χ1v) is 11.8. The van der Waals surface area contributed by atoms with Crippen molar-refractivity contribution in [2.75, 3.05) is 0 Å². The first-order chi connectivity index (χ1) is 16.2. The predicted molar refractivity (Wildman–Crippen MR) is 131 cm³/mol. The van der Waals surface area contributed by atoms with Crippen molar-refractivity contribution >= 4 is 16.7 Å². The molecule has 0 atom stereocenters. The lowest BCUT2D eigenvalue weighted by atomic mass is 9.72. The molecule has 0 radical (unpaired) electrons. The molecule has 0 amide bonds. The van der Waals surface area contributed by atoms with Gasteiger partial charge in [-0.05, 0) is 61.4 Å². The van der Waals surface area contributed by atoms with Crippen molar-refractivity contribution in [1.82, 2.24) is 19.6 Å². The van der Waals surface area contributed by atoms with Gasteiger partial charge in [-0.25, -0.2) is 4.98 Å². The van der Waals surface area contributed by atoms with Crippen LogP contribution in [0.4, 0.5) is 0 Å². The van der Waals surface area contributed by atoms with Crippen LogP contribution < -0.4 is 5.73 Å². The van der Waals surface area contributed by atoms with Gasteiger partial charge in [0.2, 0.25) is 0 Å². The lowest BCUT2D eigenvalue weighted by molar-refractivity contribution is 0.253. The second-order valence-electron chi connectivity index (χ2n) is 9.60. The van der Waals surface area contributed by atoms with E-state index in [0.29, 0.717) is 5.92 Å². The third-order valence-corrected chi connectivity index (χ3v) is 7.38. The average Bonchev–Trinajstić information content (AvgIpc) is 3.60. The van der Waals surface area contributed by atoms with Crippen molar-refractivity contribution in [1.29, 1.82) is 0 Å². The standard InChI is InChI=1S/C28H25N5/c29-28(15-4-16-28)21-11-9-19(10-12-21)26-22(18-5-2-1-3-6-18)17-24-23(30-26)13-14-25-31-32-27(33(24)25)20-7-8-20/h1-3,5-6,9-14,17,20H,4,7-8,15-16,29H2. The molecule has 0 unspecified atom stereocenters. The van der Waals surface area contributed by atoms with Gasteiger partial charge in [-0.1, -0.05) is 54.6 Å². The molecule has 3 heterocycles. The molecule has 2 fully saturated rings. The highest BCUT2D eigenvalue weighted by Crippen LogP contribution is 2.42. The zero-order valence-corrected chi connectivity index (χ0v) is 18.4. The van der Waals surface area contributed by atoms with E-state index in [1.165, 1.54) is 24.8 Å². The van der Waals surface area contributed by atoms with Gasteiger partial charge in [-0.15, -0.1) is 10.2 Å². The van der Waals surface area contributed by atoms with E-state index in [1.807, 2.05) is 6.07 Å². The van der Waals surface area contributed by atoms with Gasteiger partial charge < -0.3 is 5.73 Å². The minimum Gasteiger partial charge on any atom is -0.321 e. The first kappa shape index (κ1) is 18.9. The van der Waals surface area contributed by atoms with E-state index in [1.54, 1.807) is 0 Å². The summed E-state index contributed by atoms with van der Waals surface area (Å²) in [5, 5.41) is 8.94. The van der Waals surface area contributed by atoms with Crippen molar-refractivity contribution in [3.63, 3.8) is 0 Å². The number of fused-ring (bicyclic) bond motifs is 3. The van der Waals surface area contributed by atoms with Gasteiger partial charge in [0.15, 0.2) is 5.65 Å². The fourth-order valence-corrected chi connectivity index (χ4v) is 5.11. The van der Waals surface area contributed by atoms with E-state index in [2.05, 4.69) is 81.3 Å². The number of nitrogens with zero attached hydrogens (tertiary/aromatic N) is 4. The van der Waals surface area contributed by atoms with Gasteiger partial charge in [0.05, 0.1) is 16.7 Å². The maximum absolute atomic E-state index is 6.56. The highest BCUT2D eigenvalue weighted by atomic mass is 15.3. The van der Waals surface area contributed by atoms with Crippen LogP contribution in [0.3, 0.4) is 0 Å². The van der Waals surface area contributed by atoms with Crippen LogP contribution in [0.1, 0.15) is 49.4 Å². The minimum absolute atomic E-state index is 0.156. The van der Waals surface area contributed by atoms with Gasteiger partial charge in [0.1, 0.15) is 5.82 Å². The zero-order chi connectivity index (χ0) is 22.0. The lowest BCUT2D eigenvalue weighted by Gasteiger charge is -2.38. The van der Waals surface area contributed by atoms with Crippen molar-refractivity contribution in [2.24, 2.45) is 5.73 Å². The first-order valence-electron chi connectivity index (χ1n) is 11.8. The molecule has 33 heavy (non-hydrogen) atoms. The van der Waals surface area contributed by atoms with E-state index in [4.69, 9.17) is 10.7 Å². The molecule has 0 saturated heterocycles. The Morgan fingerprint density at radius 3 is 2.33 bits per heavy atom. The van der Waals surface area contributed by atoms with Gasteiger partial charge in [0.25, 0.3) is 0 Å². The summed E-state index contributed by atoms with van der Waals surface area (Å²) in [6, 6.07) is 25.6. The Morgan fingerprint density at radius 1 is 0.848 bits per heavy atom. The Bertz CT molecular complexity index is 1490. The van der Waals surface area contributed by atoms with Gasteiger partial charge in [0, 0.05) is 22.6 Å². The molecule has 0 bridgehead atoms. The summed E-state index contributed by atoms with van der Waals surface area (Å²) >= 11 is 0. The summed E-state index contributed by atoms with van der Waals surface area (Å²) < 4.78 is 2.20. The molecule has 0 spiro atoms. The summed E-state index contributed by atoms with van der Waals surface area (Å²) in [4.78, 5) is 5.19. The molecule has 2 N–H and O–H groups in total. The highest BCUT2D eigenvalue weighted by molar-refractivity contribution is 5.91. The quantitative estimate of drug-likeness (QED) is 0.389. The Labute approximate surface area is 192 Å². The molecular weight excluding hydrogens is 406 g/mol. The number of nitrogens with two attached hydrogens (primary N) is 1. The number of hydrogen-bond acceptors (Lipinski definition) is 4. The molecule has 2 aliphatic carbocycles. The second-order valence-corrected chi connectivity index (χ2v) is 9.60. The van der Waals surface area contributed by atoms with Crippen LogP contribution in [-0.2, 0) is 5.54 Å². The molecule has 5 nitrogen and oxygen atoms in total. The van der Waals surface area contributed by atoms with Crippen molar-refractivity contribution in [3.8, 4) is 22.4 Å². The third kappa shape index (κ3) is 3.00. The molecule has 5 aromatic rings. The number of rotatable bonds is 4. The molecule has 162 valence electrons. The van der Waals surface area contributed by atoms with E-state index in [-0.39, 0.29) is 5.54 Å². The third-order valence-electron chi connectivity index (χ3n) is 7.38. The average molecular weight is 432 g/mol. The highest BCUT2D eigenvalue weighted by Gasteiger charge is 2.34. The van der Waals surface area contributed by atoms with Gasteiger partial charge in [-0.2, -0.15) is 0 Å². The fourth-order valence-electron chi connectivity index (χ4n) is 5.11. The monoisotopic (exact) mass is 431 g/mol. The molecular formula is C28H25N5. The SMILES string of the molecule is NC1(c2ccc(-c3nc4ccc5nnc(C6CC6)n5c4cc3-c3ccccc3)cc2)CCC1. The molecule has 5 heteroatoms. The smallest absolute Gasteiger partial charge is 0.161 e. The Morgan fingerprint density at radius 2 is 1.64 bits per heavy atom. The number of benzene rings is 2. The topological polar surface area (TPSA) is 69.1 Å². The predicted octanol–water partition coefficient (Wildman–Crippen LogP) is 5.83. The normalized spacial score (nSPS) is 17.4. The summed E-state index contributed by atoms with van der Waals surface area (Å²) in [5.41, 5.74) is 14.9. The van der Waals surface area contributed by atoms with Crippen LogP contribution >= 0.6 is 0 Å². The summed E-state index contributed by atoms with van der Waals surface area (Å²) in [5.74, 6) is 1.57. The molecule has 2 saturated carbocycles. The number of aromatic nitrogens is 4. The second kappa shape index (κ2) is 6.96. The van der Waals surface area contributed by atoms with E-state index < -0.39 is 0 Å². The Hall–Kier alpha value is -3.57. The maximum Gasteiger partial charge on any atom is 0.161 e. The van der Waals surface area contributed by atoms with E-state index in [9.17, 15) is 0 Å². The minimum atomic E-state index is -0.156. The Kier molecular flexibility index (Phi) is 4.00. The van der Waals surface area contributed by atoms with Crippen LogP contribution in [0.15, 0.2) is 72.8 Å². The van der Waals surface area contributed by atoms with E-state index in [0.717, 1.165) is 57.7 Å². The fraction of sp³-hybridized carbons (Fsp3) is 0.250. The van der Waals surface area contributed by atoms with Crippen molar-refractivity contribution in [3.05, 3.63) is 84.2 Å². The molecule has 7 rings (SSSR count). The van der Waals surface area contributed by atoms with Crippen LogP contribution in [0.2, 0.25) is 0 Å². The van der Waals surface area contributed by atoms with Crippen LogP contribution in [-0.4, -0.2) is 19.6 Å². The summed E-state index contributed by atoms with van der Waals surface area (Å²) in [7, 11) is 0.